The maximum Gasteiger partial charge on any atom is 0.304 e. The number of benzene rings is 2. The molecule has 0 radical (unpaired) electrons. The first-order chi connectivity index (χ1) is 10.5. The van der Waals surface area contributed by atoms with Gasteiger partial charge in [-0.15, -0.1) is 0 Å². The smallest absolute Gasteiger partial charge is 0.304 e. The van der Waals surface area contributed by atoms with Crippen LogP contribution in [0.3, 0.4) is 0 Å². The van der Waals surface area contributed by atoms with E-state index in [2.05, 4.69) is 0 Å². The molecule has 2 N–H and O–H groups in total. The molecule has 4 nitrogen and oxygen atoms in total. The number of carbonyl (C=O) groups is 2. The minimum atomic E-state index is -1.44. The maximum atomic E-state index is 12.1. The topological polar surface area (TPSA) is 69.4 Å². The van der Waals surface area contributed by atoms with Gasteiger partial charge >= 0.3 is 5.97 Å². The van der Waals surface area contributed by atoms with Gasteiger partial charge in [-0.1, -0.05) is 60.7 Å². The summed E-state index contributed by atoms with van der Waals surface area (Å²) in [7, 11) is 0. The maximum absolute atomic E-state index is 12.1. The van der Waals surface area contributed by atoms with Crippen molar-refractivity contribution in [2.24, 2.45) is 5.73 Å². The van der Waals surface area contributed by atoms with Crippen molar-refractivity contribution in [1.29, 1.82) is 0 Å². The monoisotopic (exact) mass is 297 g/mol. The largest absolute Gasteiger partial charge is 0.444 e. The SMILES string of the molecule is CC(=O)OC(CCc1ccccc1)(C(N)=O)c1ccccc1. The molecule has 0 saturated heterocycles. The number of aryl methyl sites for hydroxylation is 1. The van der Waals surface area contributed by atoms with Crippen molar-refractivity contribution < 1.29 is 14.3 Å². The van der Waals surface area contributed by atoms with Gasteiger partial charge in [0.15, 0.2) is 0 Å². The van der Waals surface area contributed by atoms with Crippen LogP contribution < -0.4 is 5.73 Å². The molecular weight excluding hydrogens is 278 g/mol. The van der Waals surface area contributed by atoms with E-state index in [1.165, 1.54) is 6.92 Å². The standard InChI is InChI=1S/C18H19NO3/c1-14(20)22-18(17(19)21,16-10-6-3-7-11-16)13-12-15-8-4-2-5-9-15/h2-11H,12-13H2,1H3,(H2,19,21). The first-order valence-corrected chi connectivity index (χ1v) is 7.13. The van der Waals surface area contributed by atoms with E-state index in [1.807, 2.05) is 36.4 Å². The average Bonchev–Trinajstić information content (AvgIpc) is 2.52. The molecule has 2 aromatic carbocycles. The van der Waals surface area contributed by atoms with E-state index in [0.717, 1.165) is 5.56 Å². The number of hydrogen-bond acceptors (Lipinski definition) is 3. The Morgan fingerprint density at radius 3 is 2.05 bits per heavy atom. The zero-order valence-electron chi connectivity index (χ0n) is 12.5. The van der Waals surface area contributed by atoms with Crippen LogP contribution in [0.2, 0.25) is 0 Å². The fourth-order valence-electron chi connectivity index (χ4n) is 2.49. The van der Waals surface area contributed by atoms with Gasteiger partial charge in [0.2, 0.25) is 5.60 Å². The lowest BCUT2D eigenvalue weighted by atomic mass is 9.86. The lowest BCUT2D eigenvalue weighted by Gasteiger charge is -2.30. The number of nitrogens with two attached hydrogens (primary N) is 1. The molecule has 22 heavy (non-hydrogen) atoms. The van der Waals surface area contributed by atoms with E-state index < -0.39 is 17.5 Å². The van der Waals surface area contributed by atoms with Crippen LogP contribution in [-0.2, 0) is 26.3 Å². The minimum Gasteiger partial charge on any atom is -0.444 e. The molecule has 1 amide bonds. The Morgan fingerprint density at radius 2 is 1.55 bits per heavy atom. The zero-order chi connectivity index (χ0) is 16.0. The fourth-order valence-corrected chi connectivity index (χ4v) is 2.49. The van der Waals surface area contributed by atoms with E-state index in [4.69, 9.17) is 10.5 Å². The molecular formula is C18H19NO3. The summed E-state index contributed by atoms with van der Waals surface area (Å²) in [5, 5.41) is 0. The zero-order valence-corrected chi connectivity index (χ0v) is 12.5. The molecule has 1 unspecified atom stereocenters. The molecule has 0 bridgehead atoms. The van der Waals surface area contributed by atoms with Crippen molar-refractivity contribution in [3.05, 3.63) is 71.8 Å². The Balaban J connectivity index is 2.35. The molecule has 0 saturated carbocycles. The second kappa shape index (κ2) is 6.89. The molecule has 0 aliphatic carbocycles. The predicted molar refractivity (Wildman–Crippen MR) is 83.8 cm³/mol. The Bertz CT molecular complexity index is 640. The molecule has 0 heterocycles. The summed E-state index contributed by atoms with van der Waals surface area (Å²) in [5.41, 5.74) is 5.80. The van der Waals surface area contributed by atoms with E-state index in [0.29, 0.717) is 18.4 Å². The lowest BCUT2D eigenvalue weighted by Crippen LogP contribution is -2.45. The van der Waals surface area contributed by atoms with Gasteiger partial charge in [-0.3, -0.25) is 9.59 Å². The van der Waals surface area contributed by atoms with Crippen LogP contribution in [0.4, 0.5) is 0 Å². The number of amides is 1. The number of ether oxygens (including phenoxy) is 1. The summed E-state index contributed by atoms with van der Waals surface area (Å²) in [4.78, 5) is 23.6. The highest BCUT2D eigenvalue weighted by Crippen LogP contribution is 2.31. The predicted octanol–water partition coefficient (Wildman–Crippen LogP) is 2.56. The number of hydrogen-bond donors (Lipinski definition) is 1. The van der Waals surface area contributed by atoms with Gasteiger partial charge in [-0.2, -0.15) is 0 Å². The first-order valence-electron chi connectivity index (χ1n) is 7.13. The molecule has 0 aromatic heterocycles. The van der Waals surface area contributed by atoms with E-state index in [1.54, 1.807) is 24.3 Å². The van der Waals surface area contributed by atoms with Crippen LogP contribution in [-0.4, -0.2) is 11.9 Å². The van der Waals surface area contributed by atoms with Crippen LogP contribution in [0, 0.1) is 0 Å². The van der Waals surface area contributed by atoms with Crippen molar-refractivity contribution >= 4 is 11.9 Å². The van der Waals surface area contributed by atoms with Crippen LogP contribution in [0.15, 0.2) is 60.7 Å². The second-order valence-corrected chi connectivity index (χ2v) is 5.14. The highest BCUT2D eigenvalue weighted by atomic mass is 16.6. The van der Waals surface area contributed by atoms with Gasteiger partial charge in [-0.25, -0.2) is 0 Å². The van der Waals surface area contributed by atoms with Crippen LogP contribution >= 0.6 is 0 Å². The van der Waals surface area contributed by atoms with E-state index in [-0.39, 0.29) is 0 Å². The molecule has 4 heteroatoms. The summed E-state index contributed by atoms with van der Waals surface area (Å²) in [5.74, 6) is -1.19. The third kappa shape index (κ3) is 3.52. The number of rotatable bonds is 6. The fraction of sp³-hybridized carbons (Fsp3) is 0.222. The van der Waals surface area contributed by atoms with Crippen molar-refractivity contribution in [2.45, 2.75) is 25.4 Å². The summed E-state index contributed by atoms with van der Waals surface area (Å²) in [6.45, 7) is 1.28. The second-order valence-electron chi connectivity index (χ2n) is 5.14. The molecule has 1 atom stereocenters. The van der Waals surface area contributed by atoms with Gasteiger partial charge in [0.05, 0.1) is 0 Å². The highest BCUT2D eigenvalue weighted by molar-refractivity contribution is 5.87. The number of carbonyl (C=O) groups excluding carboxylic acids is 2. The third-order valence-corrected chi connectivity index (χ3v) is 3.56. The number of primary amides is 1. The third-order valence-electron chi connectivity index (χ3n) is 3.56. The van der Waals surface area contributed by atoms with Gasteiger partial charge in [0, 0.05) is 18.9 Å². The first kappa shape index (κ1) is 15.8. The molecule has 0 fully saturated rings. The Kier molecular flexibility index (Phi) is 4.94. The summed E-state index contributed by atoms with van der Waals surface area (Å²) in [6, 6.07) is 18.6. The Hall–Kier alpha value is -2.62. The molecule has 0 aliphatic heterocycles. The van der Waals surface area contributed by atoms with Crippen molar-refractivity contribution in [2.75, 3.05) is 0 Å². The van der Waals surface area contributed by atoms with Crippen molar-refractivity contribution in [3.8, 4) is 0 Å². The van der Waals surface area contributed by atoms with Crippen molar-refractivity contribution in [3.63, 3.8) is 0 Å². The molecule has 114 valence electrons. The molecule has 0 spiro atoms. The lowest BCUT2D eigenvalue weighted by molar-refractivity contribution is -0.167. The molecule has 0 aliphatic rings. The summed E-state index contributed by atoms with van der Waals surface area (Å²) < 4.78 is 5.39. The van der Waals surface area contributed by atoms with E-state index in [9.17, 15) is 9.59 Å². The Morgan fingerprint density at radius 1 is 1.00 bits per heavy atom. The van der Waals surface area contributed by atoms with Crippen LogP contribution in [0.1, 0.15) is 24.5 Å². The normalized spacial score (nSPS) is 13.1. The molecule has 2 aromatic rings. The van der Waals surface area contributed by atoms with Crippen molar-refractivity contribution in [1.82, 2.24) is 0 Å². The minimum absolute atomic E-state index is 0.302. The summed E-state index contributed by atoms with van der Waals surface area (Å²) in [6.07, 6.45) is 0.877. The van der Waals surface area contributed by atoms with E-state index >= 15 is 0 Å². The average molecular weight is 297 g/mol. The van der Waals surface area contributed by atoms with Crippen LogP contribution in [0.25, 0.3) is 0 Å². The highest BCUT2D eigenvalue weighted by Gasteiger charge is 2.41. The van der Waals surface area contributed by atoms with Crippen LogP contribution in [0.5, 0.6) is 0 Å². The van der Waals surface area contributed by atoms with Gasteiger partial charge < -0.3 is 10.5 Å². The van der Waals surface area contributed by atoms with Gasteiger partial charge in [0.1, 0.15) is 0 Å². The Labute approximate surface area is 129 Å². The molecule has 2 rings (SSSR count). The van der Waals surface area contributed by atoms with Gasteiger partial charge in [-0.05, 0) is 12.0 Å². The number of esters is 1. The quantitative estimate of drug-likeness (QED) is 0.833. The summed E-state index contributed by atoms with van der Waals surface area (Å²) >= 11 is 0. The van der Waals surface area contributed by atoms with Gasteiger partial charge in [0.25, 0.3) is 5.91 Å².